The zero-order valence-electron chi connectivity index (χ0n) is 25.4. The van der Waals surface area contributed by atoms with E-state index in [9.17, 15) is 20.2 Å². The number of nitro benzene ring substituents is 2. The Labute approximate surface area is 262 Å². The van der Waals surface area contributed by atoms with Crippen LogP contribution in [0, 0.1) is 20.2 Å². The van der Waals surface area contributed by atoms with Gasteiger partial charge in [0.25, 0.3) is 11.4 Å². The van der Waals surface area contributed by atoms with Crippen LogP contribution in [-0.4, -0.2) is 39.9 Å². The van der Waals surface area contributed by atoms with Gasteiger partial charge >= 0.3 is 0 Å². The van der Waals surface area contributed by atoms with Crippen LogP contribution in [0.4, 0.5) is 11.4 Å². The fourth-order valence-electron chi connectivity index (χ4n) is 5.84. The molecule has 1 heterocycles. The van der Waals surface area contributed by atoms with Gasteiger partial charge in [-0.15, -0.1) is 0 Å². The molecule has 10 heteroatoms. The molecule has 0 radical (unpaired) electrons. The molecular weight excluding hydrogens is 572 g/mol. The summed E-state index contributed by atoms with van der Waals surface area (Å²) in [5.41, 5.74) is 3.90. The topological polar surface area (TPSA) is 129 Å². The Balaban J connectivity index is 1.45. The van der Waals surface area contributed by atoms with Gasteiger partial charge in [0.2, 0.25) is 0 Å². The van der Waals surface area contributed by atoms with E-state index in [0.717, 1.165) is 22.3 Å². The van der Waals surface area contributed by atoms with Crippen LogP contribution in [0.1, 0.15) is 36.1 Å². The molecule has 0 bridgehead atoms. The Morgan fingerprint density at radius 3 is 1.38 bits per heavy atom. The Kier molecular flexibility index (Phi) is 10.3. The number of hydrogen-bond donors (Lipinski definition) is 2. The average Bonchev–Trinajstić information content (AvgIpc) is 3.37. The molecule has 234 valence electrons. The maximum absolute atomic E-state index is 11.4. The lowest BCUT2D eigenvalue weighted by atomic mass is 9.91. The van der Waals surface area contributed by atoms with Crippen LogP contribution in [0.25, 0.3) is 0 Å². The van der Waals surface area contributed by atoms with Crippen molar-refractivity contribution in [2.75, 3.05) is 0 Å². The summed E-state index contributed by atoms with van der Waals surface area (Å²) in [6, 6.07) is 33.1. The molecule has 1 fully saturated rings. The third kappa shape index (κ3) is 8.80. The lowest BCUT2D eigenvalue weighted by Gasteiger charge is -2.33. The Bertz CT molecular complexity index is 1470. The summed E-state index contributed by atoms with van der Waals surface area (Å²) in [7, 11) is 0. The molecule has 45 heavy (non-hydrogen) atoms. The summed E-state index contributed by atoms with van der Waals surface area (Å²) in [6.07, 6.45) is 0.481. The third-order valence-electron chi connectivity index (χ3n) is 7.93. The molecule has 10 nitrogen and oxygen atoms in total. The van der Waals surface area contributed by atoms with Gasteiger partial charge in [-0.2, -0.15) is 0 Å². The number of nitrogens with one attached hydrogen (secondary N) is 2. The van der Waals surface area contributed by atoms with E-state index >= 15 is 0 Å². The monoisotopic (exact) mass is 610 g/mol. The van der Waals surface area contributed by atoms with Crippen molar-refractivity contribution in [3.05, 3.63) is 152 Å². The van der Waals surface area contributed by atoms with Crippen molar-refractivity contribution in [1.82, 2.24) is 10.6 Å². The maximum atomic E-state index is 11.4. The fraction of sp³-hybridized carbons (Fsp3) is 0.314. The van der Waals surface area contributed by atoms with Gasteiger partial charge in [0.05, 0.1) is 9.85 Å². The summed E-state index contributed by atoms with van der Waals surface area (Å²) in [4.78, 5) is 22.0. The molecule has 5 rings (SSSR count). The van der Waals surface area contributed by atoms with E-state index in [1.807, 2.05) is 62.4 Å². The normalized spacial score (nSPS) is 18.7. The highest BCUT2D eigenvalue weighted by Crippen LogP contribution is 2.34. The highest BCUT2D eigenvalue weighted by molar-refractivity contribution is 5.35. The molecule has 2 N–H and O–H groups in total. The molecule has 1 aliphatic heterocycles. The first-order valence-electron chi connectivity index (χ1n) is 15.0. The molecule has 0 saturated carbocycles. The second kappa shape index (κ2) is 14.5. The highest BCUT2D eigenvalue weighted by atomic mass is 16.8. The minimum atomic E-state index is -0.875. The van der Waals surface area contributed by atoms with Crippen LogP contribution in [0.15, 0.2) is 109 Å². The van der Waals surface area contributed by atoms with Crippen molar-refractivity contribution in [3.63, 3.8) is 0 Å². The largest absolute Gasteiger partial charge is 0.343 e. The quantitative estimate of drug-likeness (QED) is 0.129. The van der Waals surface area contributed by atoms with Crippen LogP contribution in [0.2, 0.25) is 0 Å². The van der Waals surface area contributed by atoms with Gasteiger partial charge in [0.15, 0.2) is 5.79 Å². The number of nitrogens with zero attached hydrogens (tertiary/aromatic N) is 2. The molecule has 1 aliphatic rings. The van der Waals surface area contributed by atoms with E-state index in [4.69, 9.17) is 9.47 Å². The molecule has 4 aromatic carbocycles. The van der Waals surface area contributed by atoms with E-state index in [2.05, 4.69) is 34.9 Å². The lowest BCUT2D eigenvalue weighted by molar-refractivity contribution is -0.385. The second-order valence-corrected chi connectivity index (χ2v) is 11.8. The van der Waals surface area contributed by atoms with E-state index < -0.39 is 27.8 Å². The van der Waals surface area contributed by atoms with Gasteiger partial charge in [-0.05, 0) is 48.9 Å². The van der Waals surface area contributed by atoms with Crippen molar-refractivity contribution >= 4 is 11.4 Å². The molecule has 4 atom stereocenters. The van der Waals surface area contributed by atoms with Gasteiger partial charge in [-0.3, -0.25) is 20.2 Å². The highest BCUT2D eigenvalue weighted by Gasteiger charge is 2.48. The Morgan fingerprint density at radius 2 is 1.00 bits per heavy atom. The van der Waals surface area contributed by atoms with E-state index in [1.165, 1.54) is 12.1 Å². The molecule has 0 aromatic heterocycles. The number of hydrogen-bond acceptors (Lipinski definition) is 8. The molecule has 0 spiro atoms. The van der Waals surface area contributed by atoms with E-state index in [-0.39, 0.29) is 23.5 Å². The molecule has 4 aromatic rings. The van der Waals surface area contributed by atoms with Gasteiger partial charge in [-0.25, -0.2) is 0 Å². The van der Waals surface area contributed by atoms with Crippen molar-refractivity contribution in [2.24, 2.45) is 0 Å². The first kappa shape index (κ1) is 31.9. The molecular formula is C35H38N4O6. The summed E-state index contributed by atoms with van der Waals surface area (Å²) < 4.78 is 13.3. The maximum Gasteiger partial charge on any atom is 0.269 e. The summed E-state index contributed by atoms with van der Waals surface area (Å²) >= 11 is 0. The van der Waals surface area contributed by atoms with Crippen LogP contribution >= 0.6 is 0 Å². The zero-order valence-corrected chi connectivity index (χ0v) is 25.4. The number of rotatable bonds is 14. The number of non-ortho nitro benzene ring substituents is 2. The number of nitro groups is 2. The Morgan fingerprint density at radius 1 is 0.622 bits per heavy atom. The SMILES string of the molecule is CC1(C)O[C@@H]([C@@H](Cc2ccccc2)NCc2cccc([N+](=O)[O-])c2)[C@H]([C@@H](Cc2ccccc2)NCc2cccc([N+](=O)[O-])c2)O1. The summed E-state index contributed by atoms with van der Waals surface area (Å²) in [5, 5.41) is 30.1. The van der Waals surface area contributed by atoms with Crippen LogP contribution in [-0.2, 0) is 35.4 Å². The standard InChI is InChI=1S/C35H38N4O6/c1-35(2)44-33(31(21-25-11-5-3-6-12-25)36-23-27-15-9-17-29(19-27)38(40)41)34(45-35)32(22-26-13-7-4-8-14-26)37-24-28-16-10-18-30(20-28)39(42)43/h3-20,31-34,36-37H,21-24H2,1-2H3/t31-,32-,33+,34+/m1/s1. The van der Waals surface area contributed by atoms with Crippen LogP contribution in [0.5, 0.6) is 0 Å². The van der Waals surface area contributed by atoms with Crippen molar-refractivity contribution in [1.29, 1.82) is 0 Å². The molecule has 0 unspecified atom stereocenters. The third-order valence-corrected chi connectivity index (χ3v) is 7.93. The van der Waals surface area contributed by atoms with Crippen molar-refractivity contribution in [2.45, 2.75) is 69.9 Å². The molecule has 1 saturated heterocycles. The first-order valence-corrected chi connectivity index (χ1v) is 15.0. The summed E-state index contributed by atoms with van der Waals surface area (Å²) in [5.74, 6) is -0.875. The van der Waals surface area contributed by atoms with Gasteiger partial charge in [0, 0.05) is 49.4 Å². The average molecular weight is 611 g/mol. The summed E-state index contributed by atoms with van der Waals surface area (Å²) in [6.45, 7) is 4.60. The number of benzene rings is 4. The minimum Gasteiger partial charge on any atom is -0.343 e. The smallest absolute Gasteiger partial charge is 0.269 e. The predicted octanol–water partition coefficient (Wildman–Crippen LogP) is 6.13. The molecule has 0 aliphatic carbocycles. The minimum absolute atomic E-state index is 0.0432. The fourth-order valence-corrected chi connectivity index (χ4v) is 5.84. The van der Waals surface area contributed by atoms with Gasteiger partial charge in [-0.1, -0.05) is 84.9 Å². The van der Waals surface area contributed by atoms with Crippen molar-refractivity contribution < 1.29 is 19.3 Å². The lowest BCUT2D eigenvalue weighted by Crippen LogP contribution is -2.53. The number of ether oxygens (including phenoxy) is 2. The van der Waals surface area contributed by atoms with Gasteiger partial charge in [0.1, 0.15) is 12.2 Å². The molecule has 0 amide bonds. The van der Waals surface area contributed by atoms with Crippen LogP contribution in [0.3, 0.4) is 0 Å². The van der Waals surface area contributed by atoms with Crippen LogP contribution < -0.4 is 10.6 Å². The Hall–Kier alpha value is -4.48. The van der Waals surface area contributed by atoms with Crippen molar-refractivity contribution in [3.8, 4) is 0 Å². The zero-order chi connectivity index (χ0) is 31.8. The predicted molar refractivity (Wildman–Crippen MR) is 172 cm³/mol. The van der Waals surface area contributed by atoms with Gasteiger partial charge < -0.3 is 20.1 Å². The van der Waals surface area contributed by atoms with E-state index in [0.29, 0.717) is 25.9 Å². The van der Waals surface area contributed by atoms with E-state index in [1.54, 1.807) is 24.3 Å². The first-order chi connectivity index (χ1) is 21.7. The second-order valence-electron chi connectivity index (χ2n) is 11.8.